The third kappa shape index (κ3) is 3.60. The monoisotopic (exact) mass is 476 g/mol. The van der Waals surface area contributed by atoms with Gasteiger partial charge in [-0.25, -0.2) is 0 Å². The summed E-state index contributed by atoms with van der Waals surface area (Å²) >= 11 is 18.9. The number of benzene rings is 2. The van der Waals surface area contributed by atoms with Crippen LogP contribution in [0, 0.1) is 5.92 Å². The maximum absolute atomic E-state index is 12.8. The highest BCUT2D eigenvalue weighted by atomic mass is 79.9. The van der Waals surface area contributed by atoms with Crippen molar-refractivity contribution in [1.82, 2.24) is 0 Å². The molecule has 1 aliphatic rings. The molecule has 1 heterocycles. The molecule has 2 aromatic carbocycles. The van der Waals surface area contributed by atoms with Crippen LogP contribution >= 0.6 is 55.1 Å². The largest absolute Gasteiger partial charge is 0.491 e. The number of alkyl halides is 1. The van der Waals surface area contributed by atoms with E-state index in [4.69, 9.17) is 27.9 Å². The van der Waals surface area contributed by atoms with Gasteiger partial charge in [0.05, 0.1) is 32.6 Å². The Bertz CT molecular complexity index is 777. The van der Waals surface area contributed by atoms with Crippen LogP contribution in [0.25, 0.3) is 0 Å². The second kappa shape index (κ2) is 7.14. The molecule has 3 rings (SSSR count). The normalized spacial score (nSPS) is 16.9. The van der Waals surface area contributed by atoms with Gasteiger partial charge in [0.15, 0.2) is 5.78 Å². The summed E-state index contributed by atoms with van der Waals surface area (Å²) in [5, 5.41) is 1.69. The number of Topliss-reactive ketones (excluding diaryl/α,β-unsaturated/α-hetero) is 1. The Morgan fingerprint density at radius 1 is 1.13 bits per heavy atom. The van der Waals surface area contributed by atoms with Gasteiger partial charge in [-0.15, -0.1) is 0 Å². The Morgan fingerprint density at radius 3 is 2.61 bits per heavy atom. The lowest BCUT2D eigenvalue weighted by Crippen LogP contribution is -2.29. The lowest BCUT2D eigenvalue weighted by atomic mass is 9.89. The summed E-state index contributed by atoms with van der Waals surface area (Å²) in [7, 11) is 0. The maximum Gasteiger partial charge on any atom is 0.173 e. The molecule has 2 aromatic rings. The van der Waals surface area contributed by atoms with E-state index in [2.05, 4.69) is 31.9 Å². The molecule has 0 aliphatic carbocycles. The first kappa shape index (κ1) is 17.3. The first-order valence-electron chi connectivity index (χ1n) is 6.99. The van der Waals surface area contributed by atoms with Gasteiger partial charge >= 0.3 is 0 Å². The SMILES string of the molecule is O=C1c2cc(CBr)cc(Br)c2OCC1Cc1ccc(Cl)c(Cl)c1. The average molecular weight is 479 g/mol. The Labute approximate surface area is 161 Å². The smallest absolute Gasteiger partial charge is 0.173 e. The zero-order chi connectivity index (χ0) is 16.6. The number of hydrogen-bond acceptors (Lipinski definition) is 2. The van der Waals surface area contributed by atoms with Crippen LogP contribution in [0.15, 0.2) is 34.8 Å². The van der Waals surface area contributed by atoms with E-state index in [1.165, 1.54) is 0 Å². The van der Waals surface area contributed by atoms with Gasteiger partial charge < -0.3 is 4.74 Å². The van der Waals surface area contributed by atoms with E-state index in [-0.39, 0.29) is 11.7 Å². The topological polar surface area (TPSA) is 26.3 Å². The Morgan fingerprint density at radius 2 is 1.91 bits per heavy atom. The standard InChI is InChI=1S/C17H12Br2Cl2O2/c18-7-10-4-12-16(22)11(8-23-17(12)13(19)5-10)3-9-1-2-14(20)15(21)6-9/h1-2,4-6,11H,3,7-8H2. The molecule has 0 spiro atoms. The van der Waals surface area contributed by atoms with Crippen LogP contribution in [-0.4, -0.2) is 12.4 Å². The number of halogens is 4. The molecule has 2 nitrogen and oxygen atoms in total. The number of carbonyl (C=O) groups is 1. The van der Waals surface area contributed by atoms with Crippen LogP contribution in [0.5, 0.6) is 5.75 Å². The number of ether oxygens (including phenoxy) is 1. The molecule has 6 heteroatoms. The van der Waals surface area contributed by atoms with Crippen molar-refractivity contribution in [2.75, 3.05) is 6.61 Å². The van der Waals surface area contributed by atoms with E-state index in [1.54, 1.807) is 12.1 Å². The number of fused-ring (bicyclic) bond motifs is 1. The maximum atomic E-state index is 12.8. The van der Waals surface area contributed by atoms with Crippen molar-refractivity contribution in [3.8, 4) is 5.75 Å². The number of rotatable bonds is 3. The van der Waals surface area contributed by atoms with Crippen molar-refractivity contribution in [1.29, 1.82) is 0 Å². The molecule has 0 bridgehead atoms. The van der Waals surface area contributed by atoms with Crippen molar-refractivity contribution in [3.63, 3.8) is 0 Å². The quantitative estimate of drug-likeness (QED) is 0.499. The van der Waals surface area contributed by atoms with Gasteiger partial charge in [0.25, 0.3) is 0 Å². The van der Waals surface area contributed by atoms with E-state index in [1.807, 2.05) is 18.2 Å². The van der Waals surface area contributed by atoms with E-state index >= 15 is 0 Å². The van der Waals surface area contributed by atoms with Gasteiger partial charge in [-0.3, -0.25) is 4.79 Å². The van der Waals surface area contributed by atoms with Gasteiger partial charge in [-0.2, -0.15) is 0 Å². The lowest BCUT2D eigenvalue weighted by molar-refractivity contribution is 0.0829. The van der Waals surface area contributed by atoms with Crippen LogP contribution in [0.2, 0.25) is 10.0 Å². The average Bonchev–Trinajstić information content (AvgIpc) is 2.53. The Hall–Kier alpha value is -0.550. The van der Waals surface area contributed by atoms with E-state index in [9.17, 15) is 4.79 Å². The number of hydrogen-bond donors (Lipinski definition) is 0. The molecule has 1 unspecified atom stereocenters. The van der Waals surface area contributed by atoms with Crippen LogP contribution in [-0.2, 0) is 11.8 Å². The predicted octanol–water partition coefficient (Wildman–Crippen LogP) is 6.08. The molecule has 0 N–H and O–H groups in total. The van der Waals surface area contributed by atoms with Gasteiger partial charge in [0.1, 0.15) is 5.75 Å². The minimum atomic E-state index is -0.225. The molecule has 0 fully saturated rings. The van der Waals surface area contributed by atoms with Gasteiger partial charge in [0.2, 0.25) is 0 Å². The fourth-order valence-corrected chi connectivity index (χ4v) is 3.91. The molecular formula is C17H12Br2Cl2O2. The molecule has 120 valence electrons. The van der Waals surface area contributed by atoms with Gasteiger partial charge in [-0.1, -0.05) is 45.2 Å². The van der Waals surface area contributed by atoms with Crippen molar-refractivity contribution in [2.24, 2.45) is 5.92 Å². The van der Waals surface area contributed by atoms with Crippen LogP contribution in [0.3, 0.4) is 0 Å². The third-order valence-electron chi connectivity index (χ3n) is 3.79. The summed E-state index contributed by atoms with van der Waals surface area (Å²) in [6.45, 7) is 0.359. The molecule has 0 radical (unpaired) electrons. The van der Waals surface area contributed by atoms with Gasteiger partial charge in [0, 0.05) is 5.33 Å². The molecular weight excluding hydrogens is 467 g/mol. The molecule has 1 atom stereocenters. The molecule has 0 saturated carbocycles. The highest BCUT2D eigenvalue weighted by Gasteiger charge is 2.30. The third-order valence-corrected chi connectivity index (χ3v) is 5.76. The van der Waals surface area contributed by atoms with Crippen molar-refractivity contribution >= 4 is 60.8 Å². The molecule has 0 aromatic heterocycles. The molecule has 0 amide bonds. The highest BCUT2D eigenvalue weighted by molar-refractivity contribution is 9.10. The van der Waals surface area contributed by atoms with Crippen LogP contribution in [0.1, 0.15) is 21.5 Å². The summed E-state index contributed by atoms with van der Waals surface area (Å²) in [6.07, 6.45) is 0.575. The second-order valence-corrected chi connectivity index (χ2v) is 7.64. The summed E-state index contributed by atoms with van der Waals surface area (Å²) in [6, 6.07) is 9.29. The first-order valence-corrected chi connectivity index (χ1v) is 9.66. The number of ketones is 1. The summed E-state index contributed by atoms with van der Waals surface area (Å²) < 4.78 is 6.63. The van der Waals surface area contributed by atoms with Crippen molar-refractivity contribution in [2.45, 2.75) is 11.8 Å². The fraction of sp³-hybridized carbons (Fsp3) is 0.235. The van der Waals surface area contributed by atoms with E-state index < -0.39 is 0 Å². The summed E-state index contributed by atoms with van der Waals surface area (Å²) in [4.78, 5) is 12.8. The summed E-state index contributed by atoms with van der Waals surface area (Å²) in [5.41, 5.74) is 2.63. The van der Waals surface area contributed by atoms with Crippen molar-refractivity contribution < 1.29 is 9.53 Å². The van der Waals surface area contributed by atoms with Crippen LogP contribution in [0.4, 0.5) is 0 Å². The number of carbonyl (C=O) groups excluding carboxylic acids is 1. The van der Waals surface area contributed by atoms with E-state index in [0.29, 0.717) is 39.7 Å². The lowest BCUT2D eigenvalue weighted by Gasteiger charge is -2.25. The summed E-state index contributed by atoms with van der Waals surface area (Å²) in [5.74, 6) is 0.503. The molecule has 0 saturated heterocycles. The van der Waals surface area contributed by atoms with Crippen molar-refractivity contribution in [3.05, 3.63) is 61.5 Å². The molecule has 1 aliphatic heterocycles. The minimum Gasteiger partial charge on any atom is -0.491 e. The zero-order valence-electron chi connectivity index (χ0n) is 11.9. The predicted molar refractivity (Wildman–Crippen MR) is 100 cm³/mol. The van der Waals surface area contributed by atoms with E-state index in [0.717, 1.165) is 15.6 Å². The Balaban J connectivity index is 1.88. The zero-order valence-corrected chi connectivity index (χ0v) is 16.6. The van der Waals surface area contributed by atoms with Gasteiger partial charge in [-0.05, 0) is 57.7 Å². The second-order valence-electron chi connectivity index (χ2n) is 5.41. The Kier molecular flexibility index (Phi) is 5.36. The van der Waals surface area contributed by atoms with Crippen LogP contribution < -0.4 is 4.74 Å². The first-order chi connectivity index (χ1) is 11.0. The molecule has 23 heavy (non-hydrogen) atoms. The fourth-order valence-electron chi connectivity index (χ4n) is 2.64. The minimum absolute atomic E-state index is 0.0980. The highest BCUT2D eigenvalue weighted by Crippen LogP contribution is 2.37.